The molecule has 160 valence electrons. The number of hydrogen-bond acceptors (Lipinski definition) is 4. The number of rotatable bonds is 8. The lowest BCUT2D eigenvalue weighted by Crippen LogP contribution is -2.45. The Labute approximate surface area is 176 Å². The van der Waals surface area contributed by atoms with Crippen LogP contribution in [0.2, 0.25) is 0 Å². The first-order valence-corrected chi connectivity index (χ1v) is 10.1. The lowest BCUT2D eigenvalue weighted by Gasteiger charge is -2.38. The Morgan fingerprint density at radius 1 is 1.20 bits per heavy atom. The Bertz CT molecular complexity index is 891. The molecule has 1 fully saturated rings. The molecule has 3 rings (SSSR count). The van der Waals surface area contributed by atoms with Crippen LogP contribution in [0.5, 0.6) is 11.5 Å². The Hall–Kier alpha value is -2.86. The Morgan fingerprint density at radius 2 is 2.00 bits per heavy atom. The van der Waals surface area contributed by atoms with Gasteiger partial charge in [0.1, 0.15) is 5.82 Å². The van der Waals surface area contributed by atoms with Crippen molar-refractivity contribution in [1.82, 2.24) is 5.32 Å². The molecule has 0 bridgehead atoms. The van der Waals surface area contributed by atoms with Crippen LogP contribution in [0, 0.1) is 5.82 Å². The number of methoxy groups -OCH3 is 1. The lowest BCUT2D eigenvalue weighted by atomic mass is 9.74. The second-order valence-corrected chi connectivity index (χ2v) is 7.38. The second kappa shape index (κ2) is 10.3. The summed E-state index contributed by atoms with van der Waals surface area (Å²) in [5, 5.41) is 2.96. The third-order valence-electron chi connectivity index (χ3n) is 5.42. The van der Waals surface area contributed by atoms with Crippen LogP contribution in [0.15, 0.2) is 48.5 Å². The predicted molar refractivity (Wildman–Crippen MR) is 114 cm³/mol. The maximum Gasteiger partial charge on any atom is 0.257 e. The Kier molecular flexibility index (Phi) is 7.46. The maximum atomic E-state index is 13.8. The highest BCUT2D eigenvalue weighted by Crippen LogP contribution is 2.34. The van der Waals surface area contributed by atoms with Crippen molar-refractivity contribution in [1.29, 1.82) is 0 Å². The van der Waals surface area contributed by atoms with Gasteiger partial charge < -0.3 is 19.5 Å². The topological polar surface area (TPSA) is 56.8 Å². The van der Waals surface area contributed by atoms with Crippen molar-refractivity contribution in [2.24, 2.45) is 0 Å². The largest absolute Gasteiger partial charge is 0.493 e. The van der Waals surface area contributed by atoms with Gasteiger partial charge in [0.25, 0.3) is 5.91 Å². The normalized spacial score (nSPS) is 15.7. The molecule has 0 saturated carbocycles. The van der Waals surface area contributed by atoms with Crippen molar-refractivity contribution < 1.29 is 23.4 Å². The van der Waals surface area contributed by atoms with Gasteiger partial charge in [0.15, 0.2) is 18.1 Å². The molecule has 1 aliphatic rings. The minimum absolute atomic E-state index is 0.130. The average molecular weight is 413 g/mol. The van der Waals surface area contributed by atoms with Crippen molar-refractivity contribution >= 4 is 12.0 Å². The van der Waals surface area contributed by atoms with Gasteiger partial charge in [-0.25, -0.2) is 4.39 Å². The van der Waals surface area contributed by atoms with Crippen molar-refractivity contribution in [2.45, 2.75) is 25.2 Å². The summed E-state index contributed by atoms with van der Waals surface area (Å²) in [7, 11) is 1.57. The van der Waals surface area contributed by atoms with E-state index in [0.717, 1.165) is 24.0 Å². The molecule has 5 nitrogen and oxygen atoms in total. The molecule has 1 saturated heterocycles. The van der Waals surface area contributed by atoms with E-state index >= 15 is 0 Å². The van der Waals surface area contributed by atoms with Gasteiger partial charge in [0.05, 0.1) is 7.11 Å². The number of carbonyl (C=O) groups is 1. The molecule has 0 radical (unpaired) electrons. The fraction of sp³-hybridized carbons (Fsp3) is 0.375. The monoisotopic (exact) mass is 413 g/mol. The summed E-state index contributed by atoms with van der Waals surface area (Å²) in [5.41, 5.74) is 1.53. The van der Waals surface area contributed by atoms with Crippen molar-refractivity contribution in [3.05, 3.63) is 65.5 Å². The van der Waals surface area contributed by atoms with E-state index in [2.05, 4.69) is 5.32 Å². The molecule has 2 aromatic carbocycles. The average Bonchev–Trinajstić information content (AvgIpc) is 2.77. The minimum atomic E-state index is -0.345. The summed E-state index contributed by atoms with van der Waals surface area (Å²) in [4.78, 5) is 12.5. The highest BCUT2D eigenvalue weighted by molar-refractivity contribution is 5.77. The molecule has 0 aromatic heterocycles. The van der Waals surface area contributed by atoms with Crippen LogP contribution < -0.4 is 14.8 Å². The van der Waals surface area contributed by atoms with Crippen LogP contribution in [0.1, 0.15) is 30.9 Å². The summed E-state index contributed by atoms with van der Waals surface area (Å²) < 4.78 is 30.3. The fourth-order valence-electron chi connectivity index (χ4n) is 3.71. The molecule has 2 aromatic rings. The van der Waals surface area contributed by atoms with Gasteiger partial charge in [-0.3, -0.25) is 4.79 Å². The molecule has 1 heterocycles. The summed E-state index contributed by atoms with van der Waals surface area (Å²) >= 11 is 0. The highest BCUT2D eigenvalue weighted by atomic mass is 19.1. The number of allylic oxidation sites excluding steroid dienone is 1. The molecule has 30 heavy (non-hydrogen) atoms. The smallest absolute Gasteiger partial charge is 0.257 e. The molecular weight excluding hydrogens is 385 g/mol. The Balaban J connectivity index is 1.63. The number of halogens is 1. The lowest BCUT2D eigenvalue weighted by molar-refractivity contribution is -0.123. The van der Waals surface area contributed by atoms with Crippen LogP contribution in [0.4, 0.5) is 4.39 Å². The van der Waals surface area contributed by atoms with E-state index in [1.807, 2.05) is 37.3 Å². The predicted octanol–water partition coefficient (Wildman–Crippen LogP) is 4.11. The van der Waals surface area contributed by atoms with Crippen molar-refractivity contribution in [3.63, 3.8) is 0 Å². The fourth-order valence-corrected chi connectivity index (χ4v) is 3.71. The van der Waals surface area contributed by atoms with Gasteiger partial charge in [-0.05, 0) is 55.2 Å². The van der Waals surface area contributed by atoms with Crippen molar-refractivity contribution in [3.8, 4) is 11.5 Å². The minimum Gasteiger partial charge on any atom is -0.493 e. The third kappa shape index (κ3) is 5.39. The summed E-state index contributed by atoms with van der Waals surface area (Å²) in [5.74, 6) is 0.559. The molecule has 0 unspecified atom stereocenters. The number of amides is 1. The number of hydrogen-bond donors (Lipinski definition) is 1. The van der Waals surface area contributed by atoms with Gasteiger partial charge in [-0.2, -0.15) is 0 Å². The molecular formula is C24H28FNO4. The van der Waals surface area contributed by atoms with E-state index < -0.39 is 0 Å². The Morgan fingerprint density at radius 3 is 2.70 bits per heavy atom. The first kappa shape index (κ1) is 21.8. The molecule has 1 aliphatic heterocycles. The molecule has 0 spiro atoms. The number of ether oxygens (including phenoxy) is 3. The maximum absolute atomic E-state index is 13.8. The van der Waals surface area contributed by atoms with Gasteiger partial charge in [0.2, 0.25) is 0 Å². The van der Waals surface area contributed by atoms with Crippen LogP contribution in [0.3, 0.4) is 0 Å². The first-order chi connectivity index (χ1) is 14.6. The van der Waals surface area contributed by atoms with Gasteiger partial charge >= 0.3 is 0 Å². The zero-order valence-corrected chi connectivity index (χ0v) is 17.4. The molecule has 1 amide bonds. The highest BCUT2D eigenvalue weighted by Gasteiger charge is 2.35. The third-order valence-corrected chi connectivity index (χ3v) is 5.42. The standard InChI is InChI=1S/C24H28FNO4/c1-3-5-18-8-9-21(22(14-18)28-2)30-16-23(27)26-17-24(10-12-29-13-11-24)19-6-4-7-20(25)15-19/h3-9,14-15H,10-13,16-17H2,1-2H3,(H,26,27)/b5-3+. The van der Waals surface area contributed by atoms with Gasteiger partial charge in [-0.15, -0.1) is 0 Å². The zero-order valence-electron chi connectivity index (χ0n) is 17.4. The zero-order chi connectivity index (χ0) is 21.4. The van der Waals surface area contributed by atoms with E-state index in [1.165, 1.54) is 6.07 Å². The van der Waals surface area contributed by atoms with Crippen LogP contribution in [-0.4, -0.2) is 39.4 Å². The number of benzene rings is 2. The van der Waals surface area contributed by atoms with Gasteiger partial charge in [-0.1, -0.05) is 30.4 Å². The van der Waals surface area contributed by atoms with E-state index in [1.54, 1.807) is 25.3 Å². The van der Waals surface area contributed by atoms with E-state index in [-0.39, 0.29) is 23.7 Å². The van der Waals surface area contributed by atoms with E-state index in [4.69, 9.17) is 14.2 Å². The number of carbonyl (C=O) groups excluding carboxylic acids is 1. The molecule has 6 heteroatoms. The van der Waals surface area contributed by atoms with Crippen molar-refractivity contribution in [2.75, 3.05) is 33.5 Å². The first-order valence-electron chi connectivity index (χ1n) is 10.1. The second-order valence-electron chi connectivity index (χ2n) is 7.38. The molecule has 0 atom stereocenters. The quantitative estimate of drug-likeness (QED) is 0.708. The molecule has 1 N–H and O–H groups in total. The van der Waals surface area contributed by atoms with Crippen LogP contribution in [-0.2, 0) is 14.9 Å². The summed E-state index contributed by atoms with van der Waals surface area (Å²) in [6, 6.07) is 12.1. The van der Waals surface area contributed by atoms with Crippen LogP contribution in [0.25, 0.3) is 6.08 Å². The molecule has 0 aliphatic carbocycles. The van der Waals surface area contributed by atoms with Gasteiger partial charge in [0, 0.05) is 25.2 Å². The van der Waals surface area contributed by atoms with Crippen LogP contribution >= 0.6 is 0 Å². The summed E-state index contributed by atoms with van der Waals surface area (Å²) in [6.45, 7) is 3.38. The number of nitrogens with one attached hydrogen (secondary N) is 1. The van der Waals surface area contributed by atoms with E-state index in [9.17, 15) is 9.18 Å². The van der Waals surface area contributed by atoms with E-state index in [0.29, 0.717) is 31.3 Å². The summed E-state index contributed by atoms with van der Waals surface area (Å²) in [6.07, 6.45) is 5.34. The SMILES string of the molecule is C/C=C/c1ccc(OCC(=O)NCC2(c3cccc(F)c3)CCOCC2)c(OC)c1.